The summed E-state index contributed by atoms with van der Waals surface area (Å²) in [5.74, 6) is -0.529. The number of anilines is 2. The van der Waals surface area contributed by atoms with Gasteiger partial charge in [0.2, 0.25) is 5.91 Å². The molecule has 7 heteroatoms. The topological polar surface area (TPSA) is 99.8 Å². The van der Waals surface area contributed by atoms with Gasteiger partial charge in [-0.05, 0) is 36.4 Å². The fraction of sp³-hybridized carbons (Fsp3) is 0.0588. The predicted octanol–water partition coefficient (Wildman–Crippen LogP) is 2.68. The highest BCUT2D eigenvalue weighted by Crippen LogP contribution is 2.18. The van der Waals surface area contributed by atoms with Crippen molar-refractivity contribution in [1.29, 1.82) is 0 Å². The molecule has 7 nitrogen and oxygen atoms in total. The van der Waals surface area contributed by atoms with E-state index < -0.39 is 0 Å². The lowest BCUT2D eigenvalue weighted by Crippen LogP contribution is -2.13. The molecule has 0 saturated heterocycles. The van der Waals surface area contributed by atoms with E-state index in [1.54, 1.807) is 36.5 Å². The van der Waals surface area contributed by atoms with Gasteiger partial charge in [-0.3, -0.25) is 19.7 Å². The lowest BCUT2D eigenvalue weighted by atomic mass is 10.2. The fourth-order valence-electron chi connectivity index (χ4n) is 2.16. The van der Waals surface area contributed by atoms with Crippen molar-refractivity contribution in [2.75, 3.05) is 10.6 Å². The van der Waals surface area contributed by atoms with Gasteiger partial charge in [0.1, 0.15) is 0 Å². The van der Waals surface area contributed by atoms with E-state index in [-0.39, 0.29) is 17.5 Å². The van der Waals surface area contributed by atoms with Crippen molar-refractivity contribution < 1.29 is 9.59 Å². The quantitative estimate of drug-likeness (QED) is 0.688. The molecule has 0 spiro atoms. The average molecular weight is 321 g/mol. The molecule has 0 saturated carbocycles. The molecular weight excluding hydrogens is 306 g/mol. The molecule has 0 bridgehead atoms. The third kappa shape index (κ3) is 3.64. The van der Waals surface area contributed by atoms with Crippen LogP contribution in [0.4, 0.5) is 11.4 Å². The van der Waals surface area contributed by atoms with Gasteiger partial charge >= 0.3 is 0 Å². The van der Waals surface area contributed by atoms with Crippen molar-refractivity contribution in [2.24, 2.45) is 0 Å². The van der Waals surface area contributed by atoms with Gasteiger partial charge in [0.25, 0.3) is 5.91 Å². The molecule has 2 heterocycles. The molecule has 2 amide bonds. The Morgan fingerprint density at radius 2 is 1.79 bits per heavy atom. The van der Waals surface area contributed by atoms with Crippen LogP contribution in [0.2, 0.25) is 0 Å². The van der Waals surface area contributed by atoms with Crippen LogP contribution >= 0.6 is 0 Å². The summed E-state index contributed by atoms with van der Waals surface area (Å²) >= 11 is 0. The molecule has 2 aromatic heterocycles. The van der Waals surface area contributed by atoms with E-state index >= 15 is 0 Å². The van der Waals surface area contributed by atoms with Crippen LogP contribution < -0.4 is 10.6 Å². The summed E-state index contributed by atoms with van der Waals surface area (Å²) in [6.07, 6.45) is 1.67. The molecule has 120 valence electrons. The number of hydrogen-bond donors (Lipinski definition) is 3. The average Bonchev–Trinajstić information content (AvgIpc) is 3.05. The first-order valence-electron chi connectivity index (χ1n) is 7.27. The molecule has 0 aliphatic rings. The lowest BCUT2D eigenvalue weighted by molar-refractivity contribution is -0.114. The molecule has 3 aromatic rings. The summed E-state index contributed by atoms with van der Waals surface area (Å²) in [4.78, 5) is 27.6. The Hall–Kier alpha value is -3.48. The first kappa shape index (κ1) is 15.4. The molecule has 0 radical (unpaired) electrons. The molecule has 0 aliphatic carbocycles. The first-order chi connectivity index (χ1) is 11.6. The van der Waals surface area contributed by atoms with E-state index in [1.165, 1.54) is 6.92 Å². The molecule has 0 fully saturated rings. The molecule has 3 rings (SSSR count). The van der Waals surface area contributed by atoms with E-state index in [9.17, 15) is 9.59 Å². The monoisotopic (exact) mass is 321 g/mol. The summed E-state index contributed by atoms with van der Waals surface area (Å²) in [6.45, 7) is 1.42. The zero-order valence-electron chi connectivity index (χ0n) is 12.9. The summed E-state index contributed by atoms with van der Waals surface area (Å²) in [5.41, 5.74) is 2.79. The van der Waals surface area contributed by atoms with Crippen LogP contribution in [0.1, 0.15) is 17.4 Å². The zero-order chi connectivity index (χ0) is 16.9. The number of nitrogens with zero attached hydrogens (tertiary/aromatic N) is 2. The van der Waals surface area contributed by atoms with Crippen LogP contribution in [-0.4, -0.2) is 27.0 Å². The molecule has 0 aliphatic heterocycles. The standard InChI is InChI=1S/C17H15N5O2/c1-11(23)19-12-5-4-6-13(9-12)20-17(24)16-10-15(21-22-16)14-7-2-3-8-18-14/h2-10H,1H3,(H,19,23)(H,20,24)(H,21,22). The SMILES string of the molecule is CC(=O)Nc1cccc(NC(=O)c2cc(-c3ccccn3)[nH]n2)c1. The van der Waals surface area contributed by atoms with Crippen LogP contribution in [0.5, 0.6) is 0 Å². The predicted molar refractivity (Wildman–Crippen MR) is 90.5 cm³/mol. The van der Waals surface area contributed by atoms with Crippen molar-refractivity contribution in [3.63, 3.8) is 0 Å². The van der Waals surface area contributed by atoms with Crippen molar-refractivity contribution in [3.05, 3.63) is 60.4 Å². The summed E-state index contributed by atoms with van der Waals surface area (Å²) in [6, 6.07) is 14.0. The van der Waals surface area contributed by atoms with Crippen LogP contribution in [-0.2, 0) is 4.79 Å². The fourth-order valence-corrected chi connectivity index (χ4v) is 2.16. The smallest absolute Gasteiger partial charge is 0.276 e. The molecule has 24 heavy (non-hydrogen) atoms. The van der Waals surface area contributed by atoms with Crippen molar-refractivity contribution in [2.45, 2.75) is 6.92 Å². The summed E-state index contributed by atoms with van der Waals surface area (Å²) in [5, 5.41) is 12.2. The lowest BCUT2D eigenvalue weighted by Gasteiger charge is -2.06. The third-order valence-electron chi connectivity index (χ3n) is 3.19. The number of benzene rings is 1. The Morgan fingerprint density at radius 3 is 2.50 bits per heavy atom. The van der Waals surface area contributed by atoms with Gasteiger partial charge in [-0.25, -0.2) is 0 Å². The molecule has 0 atom stereocenters. The minimum absolute atomic E-state index is 0.175. The Morgan fingerprint density at radius 1 is 1.00 bits per heavy atom. The maximum Gasteiger partial charge on any atom is 0.276 e. The van der Waals surface area contributed by atoms with Gasteiger partial charge in [-0.2, -0.15) is 5.10 Å². The highest BCUT2D eigenvalue weighted by Gasteiger charge is 2.12. The van der Waals surface area contributed by atoms with Crippen molar-refractivity contribution in [3.8, 4) is 11.4 Å². The number of pyridine rings is 1. The Balaban J connectivity index is 1.74. The second-order valence-electron chi connectivity index (χ2n) is 5.10. The maximum absolute atomic E-state index is 12.3. The minimum Gasteiger partial charge on any atom is -0.326 e. The van der Waals surface area contributed by atoms with Gasteiger partial charge in [0.15, 0.2) is 5.69 Å². The molecule has 1 aromatic carbocycles. The molecule has 0 unspecified atom stereocenters. The Kier molecular flexibility index (Phi) is 4.33. The number of carbonyl (C=O) groups is 2. The van der Waals surface area contributed by atoms with Gasteiger partial charge < -0.3 is 10.6 Å². The van der Waals surface area contributed by atoms with E-state index in [2.05, 4.69) is 25.8 Å². The van der Waals surface area contributed by atoms with Gasteiger partial charge in [-0.1, -0.05) is 12.1 Å². The number of carbonyl (C=O) groups excluding carboxylic acids is 2. The summed E-state index contributed by atoms with van der Waals surface area (Å²) in [7, 11) is 0. The Bertz CT molecular complexity index is 873. The summed E-state index contributed by atoms with van der Waals surface area (Å²) < 4.78 is 0. The van der Waals surface area contributed by atoms with Crippen LogP contribution in [0.25, 0.3) is 11.4 Å². The minimum atomic E-state index is -0.353. The van der Waals surface area contributed by atoms with Crippen molar-refractivity contribution in [1.82, 2.24) is 15.2 Å². The number of amides is 2. The third-order valence-corrected chi connectivity index (χ3v) is 3.19. The normalized spacial score (nSPS) is 10.2. The number of H-pyrrole nitrogens is 1. The molecule has 3 N–H and O–H groups in total. The van der Waals surface area contributed by atoms with E-state index in [4.69, 9.17) is 0 Å². The number of aromatic amines is 1. The van der Waals surface area contributed by atoms with Crippen LogP contribution in [0.3, 0.4) is 0 Å². The van der Waals surface area contributed by atoms with E-state index in [0.29, 0.717) is 22.8 Å². The first-order valence-corrected chi connectivity index (χ1v) is 7.27. The number of rotatable bonds is 4. The second-order valence-corrected chi connectivity index (χ2v) is 5.10. The zero-order valence-corrected chi connectivity index (χ0v) is 12.9. The van der Waals surface area contributed by atoms with Gasteiger partial charge in [-0.15, -0.1) is 0 Å². The molecular formula is C17H15N5O2. The number of aromatic nitrogens is 3. The van der Waals surface area contributed by atoms with Crippen molar-refractivity contribution >= 4 is 23.2 Å². The van der Waals surface area contributed by atoms with Gasteiger partial charge in [0.05, 0.1) is 11.4 Å². The highest BCUT2D eigenvalue weighted by atomic mass is 16.2. The number of hydrogen-bond acceptors (Lipinski definition) is 4. The van der Waals surface area contributed by atoms with E-state index in [0.717, 1.165) is 0 Å². The largest absolute Gasteiger partial charge is 0.326 e. The Labute approximate surface area is 138 Å². The van der Waals surface area contributed by atoms with E-state index in [1.807, 2.05) is 18.2 Å². The van der Waals surface area contributed by atoms with Crippen LogP contribution in [0, 0.1) is 0 Å². The second kappa shape index (κ2) is 6.74. The van der Waals surface area contributed by atoms with Gasteiger partial charge in [0, 0.05) is 24.5 Å². The number of nitrogens with one attached hydrogen (secondary N) is 3. The van der Waals surface area contributed by atoms with Crippen LogP contribution in [0.15, 0.2) is 54.7 Å². The maximum atomic E-state index is 12.3. The highest BCUT2D eigenvalue weighted by molar-refractivity contribution is 6.03.